The Kier molecular flexibility index (Phi) is 5.27. The lowest BCUT2D eigenvalue weighted by Crippen LogP contribution is -2.26. The molecule has 0 bridgehead atoms. The molecule has 0 amide bonds. The first-order chi connectivity index (χ1) is 9.63. The fourth-order valence-electron chi connectivity index (χ4n) is 1.79. The molecule has 106 valence electrons. The minimum Gasteiger partial charge on any atom is -0.491 e. The lowest BCUT2D eigenvalue weighted by atomic mass is 10.2. The highest BCUT2D eigenvalue weighted by atomic mass is 35.5. The van der Waals surface area contributed by atoms with Crippen molar-refractivity contribution in [2.45, 2.75) is 13.0 Å². The normalized spacial score (nSPS) is 11.9. The Bertz CT molecular complexity index is 510. The quantitative estimate of drug-likeness (QED) is 0.856. The van der Waals surface area contributed by atoms with Crippen molar-refractivity contribution in [2.75, 3.05) is 18.5 Å². The minimum atomic E-state index is -0.588. The third kappa shape index (κ3) is 4.76. The van der Waals surface area contributed by atoms with E-state index in [2.05, 4.69) is 5.32 Å². The molecular weight excluding hydrogens is 274 g/mol. The minimum absolute atomic E-state index is 0.247. The third-order valence-electron chi connectivity index (χ3n) is 2.80. The summed E-state index contributed by atoms with van der Waals surface area (Å²) in [5, 5.41) is 13.7. The molecule has 2 aromatic carbocycles. The molecule has 0 aromatic heterocycles. The van der Waals surface area contributed by atoms with Gasteiger partial charge in [-0.1, -0.05) is 29.8 Å². The first kappa shape index (κ1) is 14.7. The average molecular weight is 292 g/mol. The van der Waals surface area contributed by atoms with Gasteiger partial charge in [-0.15, -0.1) is 0 Å². The SMILES string of the molecule is Cc1cccc(OCC(O)CNc2cccc(Cl)c2)c1. The Labute approximate surface area is 124 Å². The van der Waals surface area contributed by atoms with Crippen molar-refractivity contribution >= 4 is 17.3 Å². The number of nitrogens with one attached hydrogen (secondary N) is 1. The second-order valence-corrected chi connectivity index (χ2v) is 5.11. The fraction of sp³-hybridized carbons (Fsp3) is 0.250. The molecule has 0 aliphatic rings. The van der Waals surface area contributed by atoms with Crippen LogP contribution in [0.15, 0.2) is 48.5 Å². The summed E-state index contributed by atoms with van der Waals surface area (Å²) in [5.41, 5.74) is 2.01. The van der Waals surface area contributed by atoms with Gasteiger partial charge in [-0.05, 0) is 42.8 Å². The summed E-state index contributed by atoms with van der Waals surface area (Å²) in [6, 6.07) is 15.1. The molecule has 0 aliphatic carbocycles. The Morgan fingerprint density at radius 2 is 2.00 bits per heavy atom. The van der Waals surface area contributed by atoms with Gasteiger partial charge in [0, 0.05) is 17.3 Å². The molecule has 0 aliphatic heterocycles. The summed E-state index contributed by atoms with van der Waals surface area (Å²) in [7, 11) is 0. The molecule has 3 nitrogen and oxygen atoms in total. The number of aryl methyl sites for hydroxylation is 1. The van der Waals surface area contributed by atoms with Crippen LogP contribution in [0.5, 0.6) is 5.75 Å². The van der Waals surface area contributed by atoms with Crippen molar-refractivity contribution in [1.82, 2.24) is 0 Å². The van der Waals surface area contributed by atoms with Gasteiger partial charge in [0.15, 0.2) is 0 Å². The number of anilines is 1. The van der Waals surface area contributed by atoms with Crippen molar-refractivity contribution in [3.05, 3.63) is 59.1 Å². The predicted molar refractivity (Wildman–Crippen MR) is 82.6 cm³/mol. The van der Waals surface area contributed by atoms with Crippen LogP contribution in [0.4, 0.5) is 5.69 Å². The largest absolute Gasteiger partial charge is 0.491 e. The smallest absolute Gasteiger partial charge is 0.119 e. The van der Waals surface area contributed by atoms with Gasteiger partial charge in [-0.3, -0.25) is 0 Å². The zero-order valence-electron chi connectivity index (χ0n) is 11.3. The lowest BCUT2D eigenvalue weighted by molar-refractivity contribution is 0.117. The van der Waals surface area contributed by atoms with Gasteiger partial charge < -0.3 is 15.2 Å². The lowest BCUT2D eigenvalue weighted by Gasteiger charge is -2.14. The van der Waals surface area contributed by atoms with Crippen LogP contribution in [-0.2, 0) is 0 Å². The summed E-state index contributed by atoms with van der Waals surface area (Å²) < 4.78 is 5.54. The molecule has 0 fully saturated rings. The average Bonchev–Trinajstić information content (AvgIpc) is 2.43. The van der Waals surface area contributed by atoms with Crippen molar-refractivity contribution in [2.24, 2.45) is 0 Å². The second kappa shape index (κ2) is 7.17. The molecule has 0 radical (unpaired) electrons. The molecule has 0 saturated carbocycles. The van der Waals surface area contributed by atoms with Crippen molar-refractivity contribution < 1.29 is 9.84 Å². The summed E-state index contributed by atoms with van der Waals surface area (Å²) in [6.45, 7) is 2.66. The van der Waals surface area contributed by atoms with Crippen molar-refractivity contribution in [1.29, 1.82) is 0 Å². The molecule has 1 unspecified atom stereocenters. The Balaban J connectivity index is 1.77. The van der Waals surface area contributed by atoms with E-state index in [0.717, 1.165) is 17.0 Å². The van der Waals surface area contributed by atoms with Gasteiger partial charge in [0.05, 0.1) is 0 Å². The highest BCUT2D eigenvalue weighted by molar-refractivity contribution is 6.30. The topological polar surface area (TPSA) is 41.5 Å². The summed E-state index contributed by atoms with van der Waals surface area (Å²) in [5.74, 6) is 0.770. The van der Waals surface area contributed by atoms with Crippen molar-refractivity contribution in [3.63, 3.8) is 0 Å². The van der Waals surface area contributed by atoms with E-state index in [1.807, 2.05) is 55.5 Å². The summed E-state index contributed by atoms with van der Waals surface area (Å²) in [4.78, 5) is 0. The van der Waals surface area contributed by atoms with Crippen LogP contribution in [0, 0.1) is 6.92 Å². The van der Waals surface area contributed by atoms with E-state index in [1.165, 1.54) is 0 Å². The van der Waals surface area contributed by atoms with Crippen LogP contribution in [0.3, 0.4) is 0 Å². The van der Waals surface area contributed by atoms with Crippen LogP contribution < -0.4 is 10.1 Å². The van der Waals surface area contributed by atoms with Crippen molar-refractivity contribution in [3.8, 4) is 5.75 Å². The molecule has 20 heavy (non-hydrogen) atoms. The van der Waals surface area contributed by atoms with Gasteiger partial charge in [0.2, 0.25) is 0 Å². The molecule has 0 saturated heterocycles. The third-order valence-corrected chi connectivity index (χ3v) is 3.03. The highest BCUT2D eigenvalue weighted by Crippen LogP contribution is 2.15. The molecule has 2 rings (SSSR count). The van der Waals surface area contributed by atoms with E-state index >= 15 is 0 Å². The van der Waals surface area contributed by atoms with Crippen LogP contribution in [-0.4, -0.2) is 24.4 Å². The number of halogens is 1. The van der Waals surface area contributed by atoms with Gasteiger partial charge in [0.1, 0.15) is 18.5 Å². The number of hydrogen-bond acceptors (Lipinski definition) is 3. The highest BCUT2D eigenvalue weighted by Gasteiger charge is 2.05. The number of aliphatic hydroxyl groups is 1. The molecule has 2 N–H and O–H groups in total. The van der Waals surface area contributed by atoms with Gasteiger partial charge in [0.25, 0.3) is 0 Å². The number of hydrogen-bond donors (Lipinski definition) is 2. The monoisotopic (exact) mass is 291 g/mol. The van der Waals surface area contributed by atoms with Crippen LogP contribution in [0.2, 0.25) is 5.02 Å². The maximum atomic E-state index is 9.89. The van der Waals surface area contributed by atoms with E-state index in [0.29, 0.717) is 11.6 Å². The van der Waals surface area contributed by atoms with Gasteiger partial charge in [-0.2, -0.15) is 0 Å². The Hall–Kier alpha value is -1.71. The Morgan fingerprint density at radius 3 is 2.75 bits per heavy atom. The zero-order valence-corrected chi connectivity index (χ0v) is 12.1. The standard InChI is InChI=1S/C16H18ClNO2/c1-12-4-2-7-16(8-12)20-11-15(19)10-18-14-6-3-5-13(17)9-14/h2-9,15,18-19H,10-11H2,1H3. The summed E-state index contributed by atoms with van der Waals surface area (Å²) >= 11 is 5.89. The number of aliphatic hydroxyl groups excluding tert-OH is 1. The predicted octanol–water partition coefficient (Wildman–Crippen LogP) is 3.50. The zero-order chi connectivity index (χ0) is 14.4. The van der Waals surface area contributed by atoms with E-state index in [9.17, 15) is 5.11 Å². The molecular formula is C16H18ClNO2. The second-order valence-electron chi connectivity index (χ2n) is 4.67. The fourth-order valence-corrected chi connectivity index (χ4v) is 1.98. The van der Waals surface area contributed by atoms with Gasteiger partial charge in [-0.25, -0.2) is 0 Å². The number of rotatable bonds is 6. The van der Waals surface area contributed by atoms with E-state index in [4.69, 9.17) is 16.3 Å². The molecule has 1 atom stereocenters. The first-order valence-electron chi connectivity index (χ1n) is 6.50. The molecule has 4 heteroatoms. The maximum Gasteiger partial charge on any atom is 0.119 e. The molecule has 0 spiro atoms. The first-order valence-corrected chi connectivity index (χ1v) is 6.88. The number of ether oxygens (including phenoxy) is 1. The molecule has 2 aromatic rings. The van der Waals surface area contributed by atoms with Crippen LogP contribution in [0.25, 0.3) is 0 Å². The maximum absolute atomic E-state index is 9.89. The molecule has 0 heterocycles. The number of benzene rings is 2. The van der Waals surface area contributed by atoms with Crippen LogP contribution >= 0.6 is 11.6 Å². The Morgan fingerprint density at radius 1 is 1.20 bits per heavy atom. The van der Waals surface area contributed by atoms with E-state index in [1.54, 1.807) is 0 Å². The van der Waals surface area contributed by atoms with Crippen LogP contribution in [0.1, 0.15) is 5.56 Å². The summed E-state index contributed by atoms with van der Waals surface area (Å²) in [6.07, 6.45) is -0.588. The van der Waals surface area contributed by atoms with E-state index < -0.39 is 6.10 Å². The van der Waals surface area contributed by atoms with E-state index in [-0.39, 0.29) is 6.61 Å². The van der Waals surface area contributed by atoms with Gasteiger partial charge >= 0.3 is 0 Å².